The van der Waals surface area contributed by atoms with E-state index in [1.807, 2.05) is 0 Å². The molecule has 2 fully saturated rings. The van der Waals surface area contributed by atoms with Crippen molar-refractivity contribution in [3.63, 3.8) is 0 Å². The van der Waals surface area contributed by atoms with Crippen molar-refractivity contribution in [3.8, 4) is 6.07 Å². The number of likely N-dealkylation sites (tertiary alicyclic amines) is 1. The van der Waals surface area contributed by atoms with Gasteiger partial charge in [-0.2, -0.15) is 5.26 Å². The van der Waals surface area contributed by atoms with Gasteiger partial charge in [0.05, 0.1) is 24.1 Å². The Morgan fingerprint density at radius 2 is 1.95 bits per heavy atom. The normalized spacial score (nSPS) is 39.4. The predicted molar refractivity (Wildman–Crippen MR) is 80.2 cm³/mol. The Morgan fingerprint density at radius 3 is 2.50 bits per heavy atom. The summed E-state index contributed by atoms with van der Waals surface area (Å²) in [6, 6.07) is 3.10. The number of aliphatic hydroxyl groups excluding tert-OH is 1. The van der Waals surface area contributed by atoms with Gasteiger partial charge in [-0.25, -0.2) is 0 Å². The summed E-state index contributed by atoms with van der Waals surface area (Å²) in [5.41, 5.74) is 0.0473. The maximum absolute atomic E-state index is 10.6. The fourth-order valence-corrected chi connectivity index (χ4v) is 3.78. The molecule has 4 nitrogen and oxygen atoms in total. The third kappa shape index (κ3) is 2.72. The Morgan fingerprint density at radius 1 is 1.30 bits per heavy atom. The molecule has 1 saturated carbocycles. The van der Waals surface area contributed by atoms with Crippen LogP contribution < -0.4 is 0 Å². The molecule has 114 valence electrons. The molecule has 1 aliphatic carbocycles. The van der Waals surface area contributed by atoms with Crippen LogP contribution in [0.15, 0.2) is 0 Å². The van der Waals surface area contributed by atoms with E-state index < -0.39 is 0 Å². The van der Waals surface area contributed by atoms with Crippen molar-refractivity contribution >= 4 is 0 Å². The number of hydrogen-bond donors (Lipinski definition) is 1. The largest absolute Gasteiger partial charge is 0.390 e. The molecule has 4 heteroatoms. The highest BCUT2D eigenvalue weighted by molar-refractivity contribution is 5.05. The summed E-state index contributed by atoms with van der Waals surface area (Å²) in [7, 11) is 2.10. The minimum Gasteiger partial charge on any atom is -0.390 e. The molecular weight excluding hydrogens is 250 g/mol. The molecule has 1 aliphatic heterocycles. The highest BCUT2D eigenvalue weighted by Gasteiger charge is 2.47. The van der Waals surface area contributed by atoms with Crippen molar-refractivity contribution in [3.05, 3.63) is 0 Å². The second kappa shape index (κ2) is 5.63. The molecule has 0 aromatic heterocycles. The molecule has 1 heterocycles. The summed E-state index contributed by atoms with van der Waals surface area (Å²) < 4.78 is 0. The Balaban J connectivity index is 2.13. The van der Waals surface area contributed by atoms with Gasteiger partial charge in [0.2, 0.25) is 0 Å². The van der Waals surface area contributed by atoms with E-state index >= 15 is 0 Å². The summed E-state index contributed by atoms with van der Waals surface area (Å²) in [6.07, 6.45) is 2.92. The molecule has 1 N–H and O–H groups in total. The van der Waals surface area contributed by atoms with Crippen LogP contribution in [0.25, 0.3) is 0 Å². The third-order valence-electron chi connectivity index (χ3n) is 5.44. The van der Waals surface area contributed by atoms with Crippen LogP contribution in [0.2, 0.25) is 0 Å². The second-order valence-corrected chi connectivity index (χ2v) is 7.51. The van der Waals surface area contributed by atoms with E-state index in [0.29, 0.717) is 6.04 Å². The summed E-state index contributed by atoms with van der Waals surface area (Å²) in [6.45, 7) is 9.52. The number of rotatable bonds is 2. The van der Waals surface area contributed by atoms with Gasteiger partial charge in [0.15, 0.2) is 0 Å². The number of aliphatic hydroxyl groups is 1. The van der Waals surface area contributed by atoms with Crippen LogP contribution in [0, 0.1) is 17.2 Å². The summed E-state index contributed by atoms with van der Waals surface area (Å²) in [4.78, 5) is 4.67. The molecule has 0 aromatic carbocycles. The van der Waals surface area contributed by atoms with E-state index in [1.54, 1.807) is 0 Å². The van der Waals surface area contributed by atoms with Crippen LogP contribution in [-0.4, -0.2) is 58.3 Å². The quantitative estimate of drug-likeness (QED) is 0.838. The van der Waals surface area contributed by atoms with Crippen LogP contribution >= 0.6 is 0 Å². The summed E-state index contributed by atoms with van der Waals surface area (Å²) >= 11 is 0. The zero-order valence-electron chi connectivity index (χ0n) is 13.5. The smallest absolute Gasteiger partial charge is 0.0860 e. The molecule has 0 bridgehead atoms. The maximum Gasteiger partial charge on any atom is 0.0860 e. The first-order valence-corrected chi connectivity index (χ1v) is 7.83. The lowest BCUT2D eigenvalue weighted by Crippen LogP contribution is -2.51. The van der Waals surface area contributed by atoms with Gasteiger partial charge in [0, 0.05) is 24.2 Å². The van der Waals surface area contributed by atoms with Crippen LogP contribution in [0.4, 0.5) is 0 Å². The van der Waals surface area contributed by atoms with Crippen LogP contribution in [-0.2, 0) is 0 Å². The number of likely N-dealkylation sites (N-methyl/N-ethyl adjacent to an activating group) is 1. The van der Waals surface area contributed by atoms with E-state index in [-0.39, 0.29) is 29.6 Å². The number of nitrogens with zero attached hydrogens (tertiary/aromatic N) is 3. The molecule has 0 amide bonds. The molecule has 0 radical (unpaired) electrons. The van der Waals surface area contributed by atoms with Gasteiger partial charge in [-0.15, -0.1) is 0 Å². The molecule has 5 atom stereocenters. The highest BCUT2D eigenvalue weighted by atomic mass is 16.3. The zero-order chi connectivity index (χ0) is 15.1. The summed E-state index contributed by atoms with van der Waals surface area (Å²) in [5, 5.41) is 19.9. The molecule has 1 saturated heterocycles. The van der Waals surface area contributed by atoms with Crippen LogP contribution in [0.5, 0.6) is 0 Å². The first kappa shape index (κ1) is 15.8. The lowest BCUT2D eigenvalue weighted by Gasteiger charge is -2.38. The van der Waals surface area contributed by atoms with Gasteiger partial charge in [0.25, 0.3) is 0 Å². The average molecular weight is 279 g/mol. The van der Waals surface area contributed by atoms with Crippen LogP contribution in [0.3, 0.4) is 0 Å². The summed E-state index contributed by atoms with van der Waals surface area (Å²) in [5.74, 6) is 0.142. The third-order valence-corrected chi connectivity index (χ3v) is 5.44. The molecule has 2 aliphatic rings. The Bertz CT molecular complexity index is 384. The molecule has 0 aromatic rings. The Hall–Kier alpha value is -0.630. The first-order valence-electron chi connectivity index (χ1n) is 7.83. The minimum atomic E-state index is -0.334. The molecule has 5 unspecified atom stereocenters. The standard InChI is InChI=1S/C16H29N3O/c1-11-15(20)14(18(5)16(2,3)4)10-19(11)13-8-6-7-12(13)9-17/h11-15,20H,6-8,10H2,1-5H3. The molecular formula is C16H29N3O. The first-order chi connectivity index (χ1) is 9.27. The Kier molecular flexibility index (Phi) is 4.44. The molecule has 0 spiro atoms. The number of hydrogen-bond acceptors (Lipinski definition) is 4. The lowest BCUT2D eigenvalue weighted by molar-refractivity contribution is 0.0337. The number of nitriles is 1. The van der Waals surface area contributed by atoms with Gasteiger partial charge < -0.3 is 5.11 Å². The van der Waals surface area contributed by atoms with Crippen molar-refractivity contribution in [2.24, 2.45) is 5.92 Å². The van der Waals surface area contributed by atoms with Crippen molar-refractivity contribution in [1.29, 1.82) is 5.26 Å². The topological polar surface area (TPSA) is 50.5 Å². The van der Waals surface area contributed by atoms with Crippen molar-refractivity contribution in [1.82, 2.24) is 9.80 Å². The fourth-order valence-electron chi connectivity index (χ4n) is 3.78. The van der Waals surface area contributed by atoms with Crippen LogP contribution in [0.1, 0.15) is 47.0 Å². The molecule has 20 heavy (non-hydrogen) atoms. The fraction of sp³-hybridized carbons (Fsp3) is 0.938. The van der Waals surface area contributed by atoms with Gasteiger partial charge in [-0.1, -0.05) is 6.42 Å². The lowest BCUT2D eigenvalue weighted by atomic mass is 10.0. The van der Waals surface area contributed by atoms with E-state index in [1.165, 1.54) is 0 Å². The monoisotopic (exact) mass is 279 g/mol. The Labute approximate surface area is 123 Å². The average Bonchev–Trinajstić information content (AvgIpc) is 2.94. The molecule has 2 rings (SSSR count). The second-order valence-electron chi connectivity index (χ2n) is 7.51. The van der Waals surface area contributed by atoms with E-state index in [9.17, 15) is 10.4 Å². The van der Waals surface area contributed by atoms with Crippen molar-refractivity contribution < 1.29 is 5.11 Å². The van der Waals surface area contributed by atoms with Gasteiger partial charge in [0.1, 0.15) is 0 Å². The van der Waals surface area contributed by atoms with Crippen molar-refractivity contribution in [2.45, 2.75) is 76.7 Å². The zero-order valence-corrected chi connectivity index (χ0v) is 13.5. The SMILES string of the molecule is CC1C(O)C(N(C)C(C)(C)C)CN1C1CCCC1C#N. The van der Waals surface area contributed by atoms with Gasteiger partial charge in [-0.05, 0) is 47.6 Å². The maximum atomic E-state index is 10.6. The van der Waals surface area contributed by atoms with E-state index in [2.05, 4.69) is 50.6 Å². The van der Waals surface area contributed by atoms with Gasteiger partial charge >= 0.3 is 0 Å². The minimum absolute atomic E-state index is 0.0473. The highest BCUT2D eigenvalue weighted by Crippen LogP contribution is 2.36. The van der Waals surface area contributed by atoms with E-state index in [0.717, 1.165) is 25.8 Å². The van der Waals surface area contributed by atoms with Gasteiger partial charge in [-0.3, -0.25) is 9.80 Å². The predicted octanol–water partition coefficient (Wildman–Crippen LogP) is 1.84. The van der Waals surface area contributed by atoms with E-state index in [4.69, 9.17) is 0 Å². The van der Waals surface area contributed by atoms with Crippen molar-refractivity contribution in [2.75, 3.05) is 13.6 Å².